The summed E-state index contributed by atoms with van der Waals surface area (Å²) in [6.45, 7) is 8.19. The van der Waals surface area contributed by atoms with Gasteiger partial charge >= 0.3 is 6.03 Å². The number of urea groups is 1. The molecule has 24 heavy (non-hydrogen) atoms. The summed E-state index contributed by atoms with van der Waals surface area (Å²) in [7, 11) is -3.05. The van der Waals surface area contributed by atoms with Gasteiger partial charge in [0.15, 0.2) is 9.84 Å². The quantitative estimate of drug-likeness (QED) is 0.617. The van der Waals surface area contributed by atoms with Crippen LogP contribution in [0.5, 0.6) is 0 Å². The molecule has 2 amide bonds. The molecule has 132 valence electrons. The Balaban J connectivity index is 2.15. The summed E-state index contributed by atoms with van der Waals surface area (Å²) in [5.74, 6) is 0.162. The summed E-state index contributed by atoms with van der Waals surface area (Å²) in [6, 6.07) is 7.06. The van der Waals surface area contributed by atoms with Gasteiger partial charge in [-0.05, 0) is 18.6 Å². The Hall–Kier alpha value is -1.47. The maximum atomic E-state index is 12.7. The number of carbonyl (C=O) groups is 1. The number of carbonyl (C=O) groups excluding carboxylic acids is 1. The molecule has 0 bridgehead atoms. The van der Waals surface area contributed by atoms with Gasteiger partial charge in [0, 0.05) is 22.7 Å². The predicted octanol–water partition coefficient (Wildman–Crippen LogP) is 3.39. The summed E-state index contributed by atoms with van der Waals surface area (Å²) in [6.07, 6.45) is 2.10. The van der Waals surface area contributed by atoms with Crippen LogP contribution >= 0.6 is 11.8 Å². The Morgan fingerprint density at radius 3 is 2.75 bits per heavy atom. The van der Waals surface area contributed by atoms with E-state index in [1.165, 1.54) is 0 Å². The lowest BCUT2D eigenvalue weighted by molar-refractivity contribution is 0.201. The normalized spacial score (nSPS) is 19.2. The van der Waals surface area contributed by atoms with Gasteiger partial charge in [0.1, 0.15) is 0 Å². The zero-order valence-corrected chi connectivity index (χ0v) is 15.7. The third-order valence-electron chi connectivity index (χ3n) is 3.73. The molecule has 7 heteroatoms. The van der Waals surface area contributed by atoms with Crippen molar-refractivity contribution >= 4 is 33.3 Å². The number of rotatable bonds is 6. The number of amides is 2. The predicted molar refractivity (Wildman–Crippen MR) is 100 cm³/mol. The molecule has 1 aromatic rings. The fourth-order valence-electron chi connectivity index (χ4n) is 2.67. The zero-order valence-electron chi connectivity index (χ0n) is 14.1. The van der Waals surface area contributed by atoms with Crippen LogP contribution in [0.25, 0.3) is 0 Å². The van der Waals surface area contributed by atoms with Gasteiger partial charge in [0.05, 0.1) is 17.2 Å². The van der Waals surface area contributed by atoms with E-state index in [1.54, 1.807) is 22.7 Å². The van der Waals surface area contributed by atoms with Gasteiger partial charge in [-0.3, -0.25) is 0 Å². The van der Waals surface area contributed by atoms with E-state index in [0.29, 0.717) is 18.2 Å². The Morgan fingerprint density at radius 2 is 2.17 bits per heavy atom. The first-order valence-corrected chi connectivity index (χ1v) is 10.7. The number of anilines is 1. The average molecular weight is 369 g/mol. The number of thioether (sulfide) groups is 1. The minimum atomic E-state index is -3.05. The third kappa shape index (κ3) is 5.01. The van der Waals surface area contributed by atoms with E-state index in [9.17, 15) is 13.2 Å². The van der Waals surface area contributed by atoms with Crippen LogP contribution in [-0.4, -0.2) is 48.7 Å². The summed E-state index contributed by atoms with van der Waals surface area (Å²) < 4.78 is 23.4. The molecule has 0 spiro atoms. The van der Waals surface area contributed by atoms with Crippen LogP contribution in [0, 0.1) is 0 Å². The van der Waals surface area contributed by atoms with Crippen LogP contribution in [0.2, 0.25) is 0 Å². The molecular weight excluding hydrogens is 344 g/mol. The monoisotopic (exact) mass is 368 g/mol. The van der Waals surface area contributed by atoms with E-state index >= 15 is 0 Å². The molecule has 0 aliphatic carbocycles. The van der Waals surface area contributed by atoms with Gasteiger partial charge in [-0.25, -0.2) is 13.2 Å². The number of nitrogens with zero attached hydrogens (tertiary/aromatic N) is 1. The molecule has 1 aromatic carbocycles. The molecule has 5 nitrogen and oxygen atoms in total. The van der Waals surface area contributed by atoms with Crippen molar-refractivity contribution in [3.63, 3.8) is 0 Å². The summed E-state index contributed by atoms with van der Waals surface area (Å²) in [5.41, 5.74) is 0.746. The van der Waals surface area contributed by atoms with E-state index < -0.39 is 9.84 Å². The molecule has 0 unspecified atom stereocenters. The lowest BCUT2D eigenvalue weighted by atomic mass is 10.2. The van der Waals surface area contributed by atoms with Crippen LogP contribution in [0.1, 0.15) is 20.3 Å². The number of hydrogen-bond donors (Lipinski definition) is 1. The smallest absolute Gasteiger partial charge is 0.317 e. The highest BCUT2D eigenvalue weighted by atomic mass is 32.2. The SMILES string of the molecule is C=CCN(C(=O)Nc1ccccc1SC(C)C)[C@@H]1CCS(=O)(=O)C1. The fourth-order valence-corrected chi connectivity index (χ4v) is 5.31. The first-order chi connectivity index (χ1) is 11.3. The molecule has 0 aromatic heterocycles. The fraction of sp³-hybridized carbons (Fsp3) is 0.471. The second-order valence-electron chi connectivity index (χ2n) is 6.09. The summed E-state index contributed by atoms with van der Waals surface area (Å²) in [4.78, 5) is 15.3. The standard InChI is InChI=1S/C17H24N2O3S2/c1-4-10-19(14-9-11-24(21,22)12-14)17(20)18-15-7-5-6-8-16(15)23-13(2)3/h4-8,13-14H,1,9-12H2,2-3H3,(H,18,20)/t14-/m1/s1. The Kier molecular flexibility index (Phi) is 6.34. The molecule has 1 heterocycles. The van der Waals surface area contributed by atoms with E-state index in [-0.39, 0.29) is 23.6 Å². The van der Waals surface area contributed by atoms with Crippen molar-refractivity contribution in [1.29, 1.82) is 0 Å². The molecule has 1 fully saturated rings. The molecular formula is C17H24N2O3S2. The molecule has 0 radical (unpaired) electrons. The molecule has 1 aliphatic heterocycles. The van der Waals surface area contributed by atoms with Crippen molar-refractivity contribution in [2.45, 2.75) is 36.5 Å². The van der Waals surface area contributed by atoms with Crippen molar-refractivity contribution in [2.75, 3.05) is 23.4 Å². The highest BCUT2D eigenvalue weighted by Crippen LogP contribution is 2.30. The number of hydrogen-bond acceptors (Lipinski definition) is 4. The maximum absolute atomic E-state index is 12.7. The highest BCUT2D eigenvalue weighted by Gasteiger charge is 2.34. The molecule has 0 saturated carbocycles. The zero-order chi connectivity index (χ0) is 17.7. The number of para-hydroxylation sites is 1. The van der Waals surface area contributed by atoms with Crippen molar-refractivity contribution < 1.29 is 13.2 Å². The minimum absolute atomic E-state index is 0.0245. The Bertz CT molecular complexity index is 702. The van der Waals surface area contributed by atoms with Crippen LogP contribution < -0.4 is 5.32 Å². The van der Waals surface area contributed by atoms with Crippen molar-refractivity contribution in [1.82, 2.24) is 4.90 Å². The number of benzene rings is 1. The Labute approximate surface area is 148 Å². The first kappa shape index (κ1) is 18.9. The number of sulfone groups is 1. The van der Waals surface area contributed by atoms with E-state index in [2.05, 4.69) is 25.7 Å². The van der Waals surface area contributed by atoms with Gasteiger partial charge in [-0.2, -0.15) is 0 Å². The average Bonchev–Trinajstić information content (AvgIpc) is 2.86. The first-order valence-electron chi connectivity index (χ1n) is 7.97. The van der Waals surface area contributed by atoms with Crippen LogP contribution in [0.15, 0.2) is 41.8 Å². The number of nitrogens with one attached hydrogen (secondary N) is 1. The topological polar surface area (TPSA) is 66.5 Å². The molecule has 1 aliphatic rings. The second-order valence-corrected chi connectivity index (χ2v) is 9.94. The molecule has 1 saturated heterocycles. The van der Waals surface area contributed by atoms with Gasteiger partial charge in [-0.15, -0.1) is 18.3 Å². The highest BCUT2D eigenvalue weighted by molar-refractivity contribution is 8.00. The van der Waals surface area contributed by atoms with Gasteiger partial charge in [0.25, 0.3) is 0 Å². The van der Waals surface area contributed by atoms with Gasteiger partial charge in [0.2, 0.25) is 0 Å². The minimum Gasteiger partial charge on any atom is -0.317 e. The lowest BCUT2D eigenvalue weighted by Crippen LogP contribution is -2.43. The molecule has 1 N–H and O–H groups in total. The van der Waals surface area contributed by atoms with Gasteiger partial charge in [-0.1, -0.05) is 32.1 Å². The van der Waals surface area contributed by atoms with Crippen LogP contribution in [-0.2, 0) is 9.84 Å². The van der Waals surface area contributed by atoms with E-state index in [1.807, 2.05) is 24.3 Å². The Morgan fingerprint density at radius 1 is 1.46 bits per heavy atom. The van der Waals surface area contributed by atoms with Crippen molar-refractivity contribution in [3.8, 4) is 0 Å². The third-order valence-corrected chi connectivity index (χ3v) is 6.56. The van der Waals surface area contributed by atoms with Crippen LogP contribution in [0.3, 0.4) is 0 Å². The van der Waals surface area contributed by atoms with Crippen molar-refractivity contribution in [2.24, 2.45) is 0 Å². The molecule has 1 atom stereocenters. The van der Waals surface area contributed by atoms with E-state index in [4.69, 9.17) is 0 Å². The summed E-state index contributed by atoms with van der Waals surface area (Å²) >= 11 is 1.67. The second kappa shape index (κ2) is 8.07. The summed E-state index contributed by atoms with van der Waals surface area (Å²) in [5, 5.41) is 3.32. The largest absolute Gasteiger partial charge is 0.322 e. The van der Waals surface area contributed by atoms with E-state index in [0.717, 1.165) is 10.6 Å². The molecule has 2 rings (SSSR count). The van der Waals surface area contributed by atoms with Crippen molar-refractivity contribution in [3.05, 3.63) is 36.9 Å². The lowest BCUT2D eigenvalue weighted by Gasteiger charge is -2.27. The van der Waals surface area contributed by atoms with Gasteiger partial charge < -0.3 is 10.2 Å². The maximum Gasteiger partial charge on any atom is 0.322 e. The van der Waals surface area contributed by atoms with Crippen LogP contribution in [0.4, 0.5) is 10.5 Å².